The number of hydrogen-bond acceptors (Lipinski definition) is 8. The lowest BCUT2D eigenvalue weighted by Gasteiger charge is -2.28. The number of likely N-dealkylation sites (N-methyl/N-ethyl adjacent to an activating group) is 1. The number of rotatable bonds is 66. The molecular formula is C82H136NO8P. The maximum Gasteiger partial charge on any atom is 0.306 e. The summed E-state index contributed by atoms with van der Waals surface area (Å²) in [5.74, 6) is -0.842. The molecule has 0 radical (unpaired) electrons. The van der Waals surface area contributed by atoms with E-state index in [-0.39, 0.29) is 32.0 Å². The van der Waals surface area contributed by atoms with E-state index in [0.717, 1.165) is 141 Å². The highest BCUT2D eigenvalue weighted by atomic mass is 31.2. The Hall–Kier alpha value is -4.63. The van der Waals surface area contributed by atoms with Crippen LogP contribution < -0.4 is 4.89 Å². The molecule has 0 aliphatic rings. The molecule has 2 atom stereocenters. The summed E-state index contributed by atoms with van der Waals surface area (Å²) in [6.45, 7) is 4.01. The van der Waals surface area contributed by atoms with Crippen LogP contribution in [0.15, 0.2) is 170 Å². The van der Waals surface area contributed by atoms with Gasteiger partial charge in [0.15, 0.2) is 6.10 Å². The minimum absolute atomic E-state index is 0.0389. The third-order valence-electron chi connectivity index (χ3n) is 15.2. The third kappa shape index (κ3) is 74.4. The molecular weight excluding hydrogens is 1160 g/mol. The highest BCUT2D eigenvalue weighted by molar-refractivity contribution is 7.45. The Morgan fingerprint density at radius 3 is 0.870 bits per heavy atom. The van der Waals surface area contributed by atoms with E-state index < -0.39 is 26.5 Å². The number of quaternary nitrogens is 1. The van der Waals surface area contributed by atoms with Crippen LogP contribution in [0, 0.1) is 0 Å². The van der Waals surface area contributed by atoms with Crippen LogP contribution in [0.2, 0.25) is 0 Å². The first-order valence-corrected chi connectivity index (χ1v) is 38.3. The topological polar surface area (TPSA) is 111 Å². The average Bonchev–Trinajstić information content (AvgIpc) is 2.14. The van der Waals surface area contributed by atoms with E-state index in [4.69, 9.17) is 18.5 Å². The molecule has 0 N–H and O–H groups in total. The first-order valence-electron chi connectivity index (χ1n) is 36.8. The molecule has 0 aromatic carbocycles. The lowest BCUT2D eigenvalue weighted by atomic mass is 10.0. The van der Waals surface area contributed by atoms with E-state index in [1.54, 1.807) is 0 Å². The Morgan fingerprint density at radius 2 is 0.587 bits per heavy atom. The number of phosphoric ester groups is 1. The van der Waals surface area contributed by atoms with Crippen LogP contribution in [0.5, 0.6) is 0 Å². The summed E-state index contributed by atoms with van der Waals surface area (Å²) in [7, 11) is 1.15. The van der Waals surface area contributed by atoms with Gasteiger partial charge in [0.1, 0.15) is 19.8 Å². The van der Waals surface area contributed by atoms with Crippen molar-refractivity contribution < 1.29 is 42.1 Å². The quantitative estimate of drug-likeness (QED) is 0.0195. The zero-order valence-corrected chi connectivity index (χ0v) is 60.3. The number of unbranched alkanes of at least 4 members (excludes halogenated alkanes) is 24. The van der Waals surface area contributed by atoms with Gasteiger partial charge in [-0.2, -0.15) is 0 Å². The normalized spacial score (nSPS) is 14.1. The van der Waals surface area contributed by atoms with E-state index in [1.165, 1.54) is 109 Å². The summed E-state index contributed by atoms with van der Waals surface area (Å²) in [5.41, 5.74) is 0. The first kappa shape index (κ1) is 87.4. The predicted molar refractivity (Wildman–Crippen MR) is 396 cm³/mol. The van der Waals surface area contributed by atoms with Crippen molar-refractivity contribution in [3.8, 4) is 0 Å². The summed E-state index contributed by atoms with van der Waals surface area (Å²) < 4.78 is 34.4. The van der Waals surface area contributed by atoms with Gasteiger partial charge in [-0.15, -0.1) is 0 Å². The van der Waals surface area contributed by atoms with Crippen molar-refractivity contribution >= 4 is 19.8 Å². The fourth-order valence-corrected chi connectivity index (χ4v) is 10.4. The van der Waals surface area contributed by atoms with Crippen LogP contribution in [0.4, 0.5) is 0 Å². The second-order valence-corrected chi connectivity index (χ2v) is 26.6. The Morgan fingerprint density at radius 1 is 0.337 bits per heavy atom. The number of carbonyl (C=O) groups is 2. The Kier molecular flexibility index (Phi) is 67.1. The van der Waals surface area contributed by atoms with Crippen LogP contribution in [-0.2, 0) is 32.7 Å². The maximum absolute atomic E-state index is 12.9. The second kappa shape index (κ2) is 70.7. The van der Waals surface area contributed by atoms with Gasteiger partial charge in [-0.05, 0) is 128 Å². The van der Waals surface area contributed by atoms with Crippen LogP contribution in [0.25, 0.3) is 0 Å². The fraction of sp³-hybridized carbons (Fsp3) is 0.634. The van der Waals surface area contributed by atoms with Crippen LogP contribution in [0.1, 0.15) is 284 Å². The number of hydrogen-bond donors (Lipinski definition) is 0. The van der Waals surface area contributed by atoms with Gasteiger partial charge in [-0.3, -0.25) is 14.2 Å². The molecule has 0 rings (SSSR count). The SMILES string of the molecule is CC/C=C\C/C=C\C/C=C\C/C=C\C/C=C\C/C=C\C/C=C\CCCCCCCCCCCCCCCC(=O)OC(COC(=O)CCCCCCCCCCCCC/C=C\C/C=C\C/C=C\C/C=C\C/C=C\C/C=C\C/C=C\CC)COP(=O)([O-])OCC[N+](C)(C)C. The van der Waals surface area contributed by atoms with E-state index in [9.17, 15) is 19.0 Å². The van der Waals surface area contributed by atoms with Gasteiger partial charge in [0.2, 0.25) is 0 Å². The molecule has 0 aliphatic heterocycles. The standard InChI is InChI=1S/C82H136NO8P/c1-6-8-10-12-14-16-18-20-22-24-26-28-30-32-34-36-38-40-41-43-45-47-49-51-53-55-57-59-61-63-65-67-69-71-73-75-82(85)91-80(79-90-92(86,87)89-77-76-83(3,4)5)78-88-81(84)74-72-70-68-66-64-62-60-58-56-54-52-50-48-46-44-42-39-37-35-33-31-29-27-25-23-21-19-17-15-13-11-9-7-2/h8-11,14-17,20-23,26-29,32-35,38-40,42-43,45-46,48,80H,6-7,12-13,18-19,24-25,30-31,36-37,41,44,47,49-79H2,1-5H3/b10-8-,11-9-,16-14-,17-15-,22-20-,23-21-,28-26-,29-27-,34-32-,35-33-,40-38-,42-39-,45-43-,48-46-. The van der Waals surface area contributed by atoms with Gasteiger partial charge in [-0.25, -0.2) is 0 Å². The Balaban J connectivity index is 4.08. The first-order chi connectivity index (χ1) is 45.0. The second-order valence-electron chi connectivity index (χ2n) is 25.2. The van der Waals surface area contributed by atoms with Gasteiger partial charge in [0.25, 0.3) is 7.82 Å². The van der Waals surface area contributed by atoms with Gasteiger partial charge >= 0.3 is 11.9 Å². The molecule has 0 spiro atoms. The van der Waals surface area contributed by atoms with Gasteiger partial charge in [0.05, 0.1) is 27.7 Å². The van der Waals surface area contributed by atoms with Gasteiger partial charge in [-0.1, -0.05) is 312 Å². The van der Waals surface area contributed by atoms with Gasteiger partial charge < -0.3 is 27.9 Å². The number of allylic oxidation sites excluding steroid dienone is 28. The number of carbonyl (C=O) groups excluding carboxylic acids is 2. The van der Waals surface area contributed by atoms with Crippen molar-refractivity contribution in [2.75, 3.05) is 47.5 Å². The third-order valence-corrected chi connectivity index (χ3v) is 16.2. The molecule has 9 nitrogen and oxygen atoms in total. The summed E-state index contributed by atoms with van der Waals surface area (Å²) in [5, 5.41) is 0. The van der Waals surface area contributed by atoms with Gasteiger partial charge in [0, 0.05) is 12.8 Å². The van der Waals surface area contributed by atoms with Crippen molar-refractivity contribution in [3.63, 3.8) is 0 Å². The van der Waals surface area contributed by atoms with E-state index in [2.05, 4.69) is 184 Å². The molecule has 0 aliphatic carbocycles. The predicted octanol–water partition coefficient (Wildman–Crippen LogP) is 23.9. The zero-order chi connectivity index (χ0) is 66.9. The zero-order valence-electron chi connectivity index (χ0n) is 59.4. The van der Waals surface area contributed by atoms with Crippen molar-refractivity contribution in [2.45, 2.75) is 290 Å². The van der Waals surface area contributed by atoms with Crippen molar-refractivity contribution in [1.29, 1.82) is 0 Å². The molecule has 522 valence electrons. The molecule has 2 unspecified atom stereocenters. The average molecular weight is 1290 g/mol. The van der Waals surface area contributed by atoms with Crippen molar-refractivity contribution in [3.05, 3.63) is 170 Å². The van der Waals surface area contributed by atoms with E-state index in [1.807, 2.05) is 21.1 Å². The summed E-state index contributed by atoms with van der Waals surface area (Å²) in [6.07, 6.45) is 107. The largest absolute Gasteiger partial charge is 0.756 e. The number of phosphoric acid groups is 1. The molecule has 0 bridgehead atoms. The maximum atomic E-state index is 12.9. The molecule has 0 saturated carbocycles. The number of nitrogens with zero attached hydrogens (tertiary/aromatic N) is 1. The minimum atomic E-state index is -4.66. The fourth-order valence-electron chi connectivity index (χ4n) is 9.68. The number of esters is 2. The molecule has 0 aromatic heterocycles. The highest BCUT2D eigenvalue weighted by Gasteiger charge is 2.22. The van der Waals surface area contributed by atoms with Crippen molar-refractivity contribution in [1.82, 2.24) is 0 Å². The molecule has 92 heavy (non-hydrogen) atoms. The minimum Gasteiger partial charge on any atom is -0.756 e. The molecule has 0 heterocycles. The molecule has 10 heteroatoms. The molecule has 0 saturated heterocycles. The van der Waals surface area contributed by atoms with Crippen LogP contribution >= 0.6 is 7.82 Å². The van der Waals surface area contributed by atoms with E-state index in [0.29, 0.717) is 17.4 Å². The van der Waals surface area contributed by atoms with Crippen molar-refractivity contribution in [2.24, 2.45) is 0 Å². The van der Waals surface area contributed by atoms with E-state index >= 15 is 0 Å². The highest BCUT2D eigenvalue weighted by Crippen LogP contribution is 2.38. The molecule has 0 aromatic rings. The summed E-state index contributed by atoms with van der Waals surface area (Å²) in [6, 6.07) is 0. The lowest BCUT2D eigenvalue weighted by Crippen LogP contribution is -2.37. The molecule has 0 fully saturated rings. The number of ether oxygens (including phenoxy) is 2. The van der Waals surface area contributed by atoms with Crippen LogP contribution in [0.3, 0.4) is 0 Å². The lowest BCUT2D eigenvalue weighted by molar-refractivity contribution is -0.870. The smallest absolute Gasteiger partial charge is 0.306 e. The Bertz CT molecular complexity index is 2160. The Labute approximate surface area is 566 Å². The monoisotopic (exact) mass is 1290 g/mol. The summed E-state index contributed by atoms with van der Waals surface area (Å²) >= 11 is 0. The summed E-state index contributed by atoms with van der Waals surface area (Å²) in [4.78, 5) is 38.1. The van der Waals surface area contributed by atoms with Crippen LogP contribution in [-0.4, -0.2) is 70.0 Å². The molecule has 0 amide bonds.